The van der Waals surface area contributed by atoms with E-state index in [2.05, 4.69) is 11.3 Å². The summed E-state index contributed by atoms with van der Waals surface area (Å²) in [5.74, 6) is -1.24. The Balaban J connectivity index is 2.55. The normalized spacial score (nSPS) is 10.9. The van der Waals surface area contributed by atoms with Crippen LogP contribution in [0.1, 0.15) is 15.9 Å². The zero-order chi connectivity index (χ0) is 12.9. The van der Waals surface area contributed by atoms with Crippen molar-refractivity contribution in [3.05, 3.63) is 42.0 Å². The minimum atomic E-state index is -4.10. The number of rotatable bonds is 5. The third-order valence-electron chi connectivity index (χ3n) is 1.96. The molecule has 0 saturated carbocycles. The molecule has 0 heterocycles. The van der Waals surface area contributed by atoms with Crippen molar-refractivity contribution in [2.45, 2.75) is 0 Å². The minimum absolute atomic E-state index is 0.311. The highest BCUT2D eigenvalue weighted by molar-refractivity contribution is 7.85. The molecule has 0 bridgehead atoms. The van der Waals surface area contributed by atoms with E-state index in [1.165, 1.54) is 0 Å². The molecule has 0 aliphatic heterocycles. The van der Waals surface area contributed by atoms with Crippen LogP contribution in [0.3, 0.4) is 0 Å². The average molecular weight is 256 g/mol. The molecular weight excluding hydrogens is 244 g/mol. The lowest BCUT2D eigenvalue weighted by Gasteiger charge is -2.03. The first-order valence-corrected chi connectivity index (χ1v) is 6.38. The Morgan fingerprint density at radius 1 is 1.35 bits per heavy atom. The molecule has 0 aliphatic rings. The van der Waals surface area contributed by atoms with Gasteiger partial charge in [0.1, 0.15) is 12.4 Å². The van der Waals surface area contributed by atoms with Crippen LogP contribution in [0.5, 0.6) is 0 Å². The summed E-state index contributed by atoms with van der Waals surface area (Å²) in [6.07, 6.45) is 1.63. The molecule has 0 aromatic heterocycles. The summed E-state index contributed by atoms with van der Waals surface area (Å²) in [4.78, 5) is 11.4. The monoisotopic (exact) mass is 256 g/mol. The fourth-order valence-corrected chi connectivity index (χ4v) is 1.37. The zero-order valence-corrected chi connectivity index (χ0v) is 9.81. The fourth-order valence-electron chi connectivity index (χ4n) is 1.08. The molecule has 1 rings (SSSR count). The summed E-state index contributed by atoms with van der Waals surface area (Å²) in [5, 5.41) is 0. The van der Waals surface area contributed by atoms with Crippen LogP contribution in [0.25, 0.3) is 6.08 Å². The number of carbonyl (C=O) groups is 1. The molecule has 6 heteroatoms. The van der Waals surface area contributed by atoms with Crippen LogP contribution in [0.15, 0.2) is 30.8 Å². The molecule has 1 aromatic carbocycles. The number of hydrogen-bond donors (Lipinski definition) is 1. The first-order chi connectivity index (χ1) is 7.92. The second-order valence-corrected chi connectivity index (χ2v) is 4.82. The van der Waals surface area contributed by atoms with Crippen molar-refractivity contribution in [2.75, 3.05) is 12.4 Å². The van der Waals surface area contributed by atoms with Gasteiger partial charge < -0.3 is 4.74 Å². The van der Waals surface area contributed by atoms with E-state index in [0.29, 0.717) is 5.56 Å². The van der Waals surface area contributed by atoms with Crippen LogP contribution in [-0.4, -0.2) is 31.3 Å². The van der Waals surface area contributed by atoms with E-state index in [1.807, 2.05) is 0 Å². The number of carbonyl (C=O) groups excluding carboxylic acids is 1. The van der Waals surface area contributed by atoms with Crippen molar-refractivity contribution >= 4 is 22.2 Å². The van der Waals surface area contributed by atoms with Crippen LogP contribution >= 0.6 is 0 Å². The van der Waals surface area contributed by atoms with Crippen molar-refractivity contribution in [3.63, 3.8) is 0 Å². The molecule has 1 N–H and O–H groups in total. The van der Waals surface area contributed by atoms with E-state index in [0.717, 1.165) is 5.56 Å². The van der Waals surface area contributed by atoms with Gasteiger partial charge in [-0.05, 0) is 17.7 Å². The molecule has 92 valence electrons. The quantitative estimate of drug-likeness (QED) is 0.635. The van der Waals surface area contributed by atoms with E-state index >= 15 is 0 Å². The highest BCUT2D eigenvalue weighted by Crippen LogP contribution is 2.06. The van der Waals surface area contributed by atoms with Gasteiger partial charge in [0.25, 0.3) is 10.1 Å². The number of benzene rings is 1. The van der Waals surface area contributed by atoms with Gasteiger partial charge in [-0.1, -0.05) is 24.8 Å². The maximum absolute atomic E-state index is 11.4. The van der Waals surface area contributed by atoms with E-state index in [9.17, 15) is 13.2 Å². The van der Waals surface area contributed by atoms with Gasteiger partial charge in [-0.2, -0.15) is 8.42 Å². The van der Waals surface area contributed by atoms with Crippen LogP contribution in [0, 0.1) is 0 Å². The second kappa shape index (κ2) is 5.60. The smallest absolute Gasteiger partial charge is 0.338 e. The third kappa shape index (κ3) is 4.80. The number of hydrogen-bond acceptors (Lipinski definition) is 4. The highest BCUT2D eigenvalue weighted by atomic mass is 32.2. The van der Waals surface area contributed by atoms with Gasteiger partial charge in [-0.3, -0.25) is 4.55 Å². The lowest BCUT2D eigenvalue weighted by molar-refractivity contribution is 0.0528. The van der Waals surface area contributed by atoms with Gasteiger partial charge in [0.05, 0.1) is 5.56 Å². The maximum Gasteiger partial charge on any atom is 0.338 e. The van der Waals surface area contributed by atoms with Crippen LogP contribution < -0.4 is 0 Å². The molecule has 0 spiro atoms. The van der Waals surface area contributed by atoms with Crippen molar-refractivity contribution in [3.8, 4) is 0 Å². The lowest BCUT2D eigenvalue weighted by atomic mass is 10.1. The lowest BCUT2D eigenvalue weighted by Crippen LogP contribution is -2.14. The summed E-state index contributed by atoms with van der Waals surface area (Å²) >= 11 is 0. The number of esters is 1. The molecule has 0 fully saturated rings. The first kappa shape index (κ1) is 13.4. The van der Waals surface area contributed by atoms with Gasteiger partial charge >= 0.3 is 5.97 Å². The fraction of sp³-hybridized carbons (Fsp3) is 0.182. The number of ether oxygens (including phenoxy) is 1. The van der Waals surface area contributed by atoms with Gasteiger partial charge in [-0.25, -0.2) is 4.79 Å². The van der Waals surface area contributed by atoms with E-state index in [1.54, 1.807) is 30.3 Å². The van der Waals surface area contributed by atoms with Gasteiger partial charge in [0.2, 0.25) is 0 Å². The molecule has 1 aromatic rings. The Morgan fingerprint density at radius 2 is 1.94 bits per heavy atom. The Morgan fingerprint density at radius 3 is 2.41 bits per heavy atom. The molecule has 17 heavy (non-hydrogen) atoms. The van der Waals surface area contributed by atoms with E-state index in [4.69, 9.17) is 4.55 Å². The minimum Gasteiger partial charge on any atom is -0.461 e. The summed E-state index contributed by atoms with van der Waals surface area (Å²) < 4.78 is 33.9. The summed E-state index contributed by atoms with van der Waals surface area (Å²) in [5.41, 5.74) is 1.17. The molecule has 5 nitrogen and oxygen atoms in total. The van der Waals surface area contributed by atoms with Crippen molar-refractivity contribution in [1.82, 2.24) is 0 Å². The Hall–Kier alpha value is -1.66. The van der Waals surface area contributed by atoms with E-state index in [-0.39, 0.29) is 6.61 Å². The van der Waals surface area contributed by atoms with Gasteiger partial charge in [-0.15, -0.1) is 0 Å². The van der Waals surface area contributed by atoms with Crippen molar-refractivity contribution < 1.29 is 22.5 Å². The zero-order valence-electron chi connectivity index (χ0n) is 9.00. The summed E-state index contributed by atoms with van der Waals surface area (Å²) in [6, 6.07) is 6.47. The van der Waals surface area contributed by atoms with E-state index < -0.39 is 21.8 Å². The topological polar surface area (TPSA) is 80.7 Å². The SMILES string of the molecule is C=Cc1ccc(C(=O)OCCS(=O)(=O)O)cc1. The molecule has 0 saturated heterocycles. The summed E-state index contributed by atoms with van der Waals surface area (Å²) in [7, 11) is -4.10. The van der Waals surface area contributed by atoms with Crippen molar-refractivity contribution in [1.29, 1.82) is 0 Å². The maximum atomic E-state index is 11.4. The van der Waals surface area contributed by atoms with Crippen molar-refractivity contribution in [2.24, 2.45) is 0 Å². The second-order valence-electron chi connectivity index (χ2n) is 3.25. The third-order valence-corrected chi connectivity index (χ3v) is 2.64. The Kier molecular flexibility index (Phi) is 4.42. The molecule has 0 amide bonds. The Labute approximate surface area is 99.5 Å². The largest absolute Gasteiger partial charge is 0.461 e. The highest BCUT2D eigenvalue weighted by Gasteiger charge is 2.09. The average Bonchev–Trinajstić information content (AvgIpc) is 2.27. The molecular formula is C11H12O5S. The van der Waals surface area contributed by atoms with Crippen LogP contribution in [0.4, 0.5) is 0 Å². The van der Waals surface area contributed by atoms with Crippen LogP contribution in [0.2, 0.25) is 0 Å². The van der Waals surface area contributed by atoms with Crippen LogP contribution in [-0.2, 0) is 14.9 Å². The predicted molar refractivity (Wildman–Crippen MR) is 63.2 cm³/mol. The molecule has 0 radical (unpaired) electrons. The van der Waals surface area contributed by atoms with Gasteiger partial charge in [0, 0.05) is 0 Å². The first-order valence-electron chi connectivity index (χ1n) is 4.77. The molecule has 0 aliphatic carbocycles. The predicted octanol–water partition coefficient (Wildman–Crippen LogP) is 1.37. The Bertz CT molecular complexity index is 501. The molecule has 0 atom stereocenters. The van der Waals surface area contributed by atoms with Gasteiger partial charge in [0.15, 0.2) is 0 Å². The summed E-state index contributed by atoms with van der Waals surface area (Å²) in [6.45, 7) is 3.20. The molecule has 0 unspecified atom stereocenters. The standard InChI is InChI=1S/C11H12O5S/c1-2-9-3-5-10(6-4-9)11(12)16-7-8-17(13,14)15/h2-6H,1,7-8H2,(H,13,14,15).